The number of benzene rings is 2. The molecule has 162 valence electrons. The summed E-state index contributed by atoms with van der Waals surface area (Å²) in [7, 11) is -3.56. The summed E-state index contributed by atoms with van der Waals surface area (Å²) in [5.41, 5.74) is 2.61. The van der Waals surface area contributed by atoms with Crippen LogP contribution in [0.5, 0.6) is 0 Å². The fourth-order valence-electron chi connectivity index (χ4n) is 4.59. The van der Waals surface area contributed by atoms with Crippen molar-refractivity contribution in [2.75, 3.05) is 18.0 Å². The van der Waals surface area contributed by atoms with Gasteiger partial charge in [0, 0.05) is 24.8 Å². The number of hydrogen-bond acceptors (Lipinski definition) is 5. The number of hydrogen-bond donors (Lipinski definition) is 0. The molecule has 9 heteroatoms. The van der Waals surface area contributed by atoms with Crippen molar-refractivity contribution in [3.63, 3.8) is 0 Å². The van der Waals surface area contributed by atoms with Gasteiger partial charge >= 0.3 is 4.87 Å². The minimum atomic E-state index is -3.56. The fourth-order valence-corrected chi connectivity index (χ4v) is 7.14. The molecule has 0 spiro atoms. The maximum absolute atomic E-state index is 13.2. The van der Waals surface area contributed by atoms with Crippen molar-refractivity contribution in [3.05, 3.63) is 57.7 Å². The number of nitrogens with zero attached hydrogens (tertiary/aromatic N) is 3. The maximum atomic E-state index is 13.2. The minimum absolute atomic E-state index is 0.0303. The van der Waals surface area contributed by atoms with Gasteiger partial charge in [0.25, 0.3) is 0 Å². The van der Waals surface area contributed by atoms with Crippen LogP contribution in [0.1, 0.15) is 25.3 Å². The fraction of sp³-hybridized carbons (Fsp3) is 0.364. The zero-order chi connectivity index (χ0) is 21.8. The molecule has 0 radical (unpaired) electrons. The van der Waals surface area contributed by atoms with Crippen LogP contribution in [-0.4, -0.2) is 42.3 Å². The van der Waals surface area contributed by atoms with Crippen molar-refractivity contribution in [2.45, 2.75) is 43.7 Å². The summed E-state index contributed by atoms with van der Waals surface area (Å²) in [6.07, 6.45) is 2.52. The highest BCUT2D eigenvalue weighted by Crippen LogP contribution is 2.32. The largest absolute Gasteiger partial charge is 0.308 e. The van der Waals surface area contributed by atoms with E-state index in [0.29, 0.717) is 23.3 Å². The summed E-state index contributed by atoms with van der Waals surface area (Å²) in [4.78, 5) is 27.5. The van der Waals surface area contributed by atoms with Crippen LogP contribution in [0.25, 0.3) is 10.2 Å². The second-order valence-corrected chi connectivity index (χ2v) is 11.1. The van der Waals surface area contributed by atoms with Gasteiger partial charge in [0.05, 0.1) is 15.1 Å². The molecule has 7 nitrogen and oxygen atoms in total. The maximum Gasteiger partial charge on any atom is 0.308 e. The molecule has 0 unspecified atom stereocenters. The molecule has 0 N–H and O–H groups in total. The Hall–Kier alpha value is -2.49. The first-order chi connectivity index (χ1) is 14.9. The van der Waals surface area contributed by atoms with Crippen molar-refractivity contribution < 1.29 is 13.2 Å². The van der Waals surface area contributed by atoms with E-state index >= 15 is 0 Å². The average molecular weight is 458 g/mol. The third-order valence-electron chi connectivity index (χ3n) is 6.11. The van der Waals surface area contributed by atoms with E-state index in [1.165, 1.54) is 14.9 Å². The van der Waals surface area contributed by atoms with Gasteiger partial charge in [0.15, 0.2) is 0 Å². The van der Waals surface area contributed by atoms with Crippen molar-refractivity contribution >= 4 is 43.2 Å². The zero-order valence-corrected chi connectivity index (χ0v) is 18.8. The molecule has 31 heavy (non-hydrogen) atoms. The number of thiazole rings is 1. The number of carbonyl (C=O) groups excluding carboxylic acids is 1. The Bertz CT molecular complexity index is 1340. The molecular weight excluding hydrogens is 434 g/mol. The molecule has 0 saturated carbocycles. The van der Waals surface area contributed by atoms with Crippen molar-refractivity contribution in [1.29, 1.82) is 0 Å². The van der Waals surface area contributed by atoms with Crippen LogP contribution in [0.3, 0.4) is 0 Å². The molecule has 1 fully saturated rings. The van der Waals surface area contributed by atoms with Crippen LogP contribution < -0.4 is 9.77 Å². The Labute approximate surface area is 184 Å². The first kappa shape index (κ1) is 20.4. The summed E-state index contributed by atoms with van der Waals surface area (Å²) in [6.45, 7) is 2.99. The first-order valence-corrected chi connectivity index (χ1v) is 12.7. The number of carbonyl (C=O) groups is 1. The third-order valence-corrected chi connectivity index (χ3v) is 8.95. The molecule has 1 saturated heterocycles. The van der Waals surface area contributed by atoms with Crippen LogP contribution in [0.4, 0.5) is 5.69 Å². The average Bonchev–Trinajstić information content (AvgIpc) is 3.45. The molecule has 0 bridgehead atoms. The SMILES string of the molecule is C[C@H]1Cc2ccccc2N1C(=O)Cn1c(=O)sc2cc(S(=O)(=O)N3CCCC3)ccc21. The highest BCUT2D eigenvalue weighted by Gasteiger charge is 2.31. The summed E-state index contributed by atoms with van der Waals surface area (Å²) < 4.78 is 29.2. The molecule has 1 atom stereocenters. The molecule has 3 aromatic rings. The Morgan fingerprint density at radius 2 is 1.87 bits per heavy atom. The Kier molecular flexibility index (Phi) is 4.99. The quantitative estimate of drug-likeness (QED) is 0.604. The molecular formula is C22H23N3O4S2. The third kappa shape index (κ3) is 3.40. The van der Waals surface area contributed by atoms with Gasteiger partial charge in [-0.2, -0.15) is 4.31 Å². The van der Waals surface area contributed by atoms with Crippen molar-refractivity contribution in [3.8, 4) is 0 Å². The predicted molar refractivity (Wildman–Crippen MR) is 121 cm³/mol. The van der Waals surface area contributed by atoms with Crippen molar-refractivity contribution in [1.82, 2.24) is 8.87 Å². The number of amides is 1. The second-order valence-electron chi connectivity index (χ2n) is 8.14. The van der Waals surface area contributed by atoms with Gasteiger partial charge < -0.3 is 4.90 Å². The normalized spacial score (nSPS) is 19.3. The van der Waals surface area contributed by atoms with Gasteiger partial charge in [0.1, 0.15) is 6.54 Å². The highest BCUT2D eigenvalue weighted by atomic mass is 32.2. The van der Waals surface area contributed by atoms with Crippen LogP contribution >= 0.6 is 11.3 Å². The predicted octanol–water partition coefficient (Wildman–Crippen LogP) is 2.83. The zero-order valence-electron chi connectivity index (χ0n) is 17.2. The van der Waals surface area contributed by atoms with Crippen LogP contribution in [0.15, 0.2) is 52.2 Å². The standard InChI is InChI=1S/C22H23N3O4S2/c1-15-12-16-6-2-3-7-18(16)25(15)21(26)14-24-19-9-8-17(13-20(19)30-22(24)27)31(28,29)23-10-4-5-11-23/h2-3,6-9,13,15H,4-5,10-12,14H2,1H3/t15-/m0/s1. The molecule has 2 aromatic carbocycles. The number of aromatic nitrogens is 1. The van der Waals surface area contributed by atoms with E-state index in [4.69, 9.17) is 0 Å². The Balaban J connectivity index is 1.47. The van der Waals surface area contributed by atoms with E-state index in [9.17, 15) is 18.0 Å². The van der Waals surface area contributed by atoms with E-state index < -0.39 is 10.0 Å². The molecule has 2 aliphatic heterocycles. The summed E-state index contributed by atoms with van der Waals surface area (Å²) >= 11 is 0.976. The summed E-state index contributed by atoms with van der Waals surface area (Å²) in [5, 5.41) is 0. The monoisotopic (exact) mass is 457 g/mol. The van der Waals surface area contributed by atoms with Crippen LogP contribution in [-0.2, 0) is 27.8 Å². The molecule has 1 aromatic heterocycles. The lowest BCUT2D eigenvalue weighted by molar-refractivity contribution is -0.119. The lowest BCUT2D eigenvalue weighted by atomic mass is 10.1. The molecule has 0 aliphatic carbocycles. The van der Waals surface area contributed by atoms with E-state index in [1.54, 1.807) is 17.0 Å². The second kappa shape index (κ2) is 7.58. The van der Waals surface area contributed by atoms with Gasteiger partial charge in [-0.1, -0.05) is 29.5 Å². The summed E-state index contributed by atoms with van der Waals surface area (Å²) in [5.74, 6) is -0.145. The summed E-state index contributed by atoms with van der Waals surface area (Å²) in [6, 6.07) is 12.6. The van der Waals surface area contributed by atoms with E-state index in [2.05, 4.69) is 0 Å². The van der Waals surface area contributed by atoms with Crippen molar-refractivity contribution in [2.24, 2.45) is 0 Å². The lowest BCUT2D eigenvalue weighted by Gasteiger charge is -2.23. The van der Waals surface area contributed by atoms with Crippen LogP contribution in [0, 0.1) is 0 Å². The minimum Gasteiger partial charge on any atom is -0.307 e. The Morgan fingerprint density at radius 3 is 2.65 bits per heavy atom. The number of fused-ring (bicyclic) bond motifs is 2. The molecule has 5 rings (SSSR count). The van der Waals surface area contributed by atoms with E-state index in [1.807, 2.05) is 31.2 Å². The van der Waals surface area contributed by atoms with Gasteiger partial charge in [0.2, 0.25) is 15.9 Å². The van der Waals surface area contributed by atoms with E-state index in [-0.39, 0.29) is 28.3 Å². The molecule has 2 aliphatic rings. The number of sulfonamides is 1. The van der Waals surface area contributed by atoms with Crippen LogP contribution in [0.2, 0.25) is 0 Å². The first-order valence-electron chi connectivity index (χ1n) is 10.4. The smallest absolute Gasteiger partial charge is 0.307 e. The molecule has 3 heterocycles. The van der Waals surface area contributed by atoms with Gasteiger partial charge in [-0.15, -0.1) is 0 Å². The van der Waals surface area contributed by atoms with Gasteiger partial charge in [-0.3, -0.25) is 14.2 Å². The number of para-hydroxylation sites is 1. The highest BCUT2D eigenvalue weighted by molar-refractivity contribution is 7.89. The molecule has 1 amide bonds. The van der Waals surface area contributed by atoms with Gasteiger partial charge in [-0.05, 0) is 56.0 Å². The topological polar surface area (TPSA) is 79.7 Å². The Morgan fingerprint density at radius 1 is 1.13 bits per heavy atom. The van der Waals surface area contributed by atoms with E-state index in [0.717, 1.165) is 41.9 Å². The number of rotatable bonds is 4. The number of anilines is 1. The van der Waals surface area contributed by atoms with Gasteiger partial charge in [-0.25, -0.2) is 8.42 Å². The lowest BCUT2D eigenvalue weighted by Crippen LogP contribution is -2.39.